The van der Waals surface area contributed by atoms with Crippen molar-refractivity contribution in [1.82, 2.24) is 5.32 Å². The smallest absolute Gasteiger partial charge is 0.231 e. The van der Waals surface area contributed by atoms with Crippen molar-refractivity contribution in [3.8, 4) is 11.5 Å². The van der Waals surface area contributed by atoms with Crippen LogP contribution in [0.15, 0.2) is 18.2 Å². The minimum absolute atomic E-state index is 0.00113. The molecule has 1 aliphatic heterocycles. The molecule has 6 nitrogen and oxygen atoms in total. The van der Waals surface area contributed by atoms with Gasteiger partial charge in [-0.25, -0.2) is 13.6 Å². The SMILES string of the molecule is NS(=O)(=O)CCCNCc1ccc2c(c1)OCO2. The predicted molar refractivity (Wildman–Crippen MR) is 66.9 cm³/mol. The average Bonchev–Trinajstić information content (AvgIpc) is 2.74. The molecule has 3 N–H and O–H groups in total. The maximum Gasteiger partial charge on any atom is 0.231 e. The van der Waals surface area contributed by atoms with E-state index in [9.17, 15) is 8.42 Å². The maximum absolute atomic E-state index is 10.7. The van der Waals surface area contributed by atoms with Crippen LogP contribution < -0.4 is 19.9 Å². The summed E-state index contributed by atoms with van der Waals surface area (Å²) in [5.74, 6) is 1.51. The van der Waals surface area contributed by atoms with Crippen LogP contribution in [0.25, 0.3) is 0 Å². The number of benzene rings is 1. The Balaban J connectivity index is 1.74. The molecule has 0 amide bonds. The normalized spacial score (nSPS) is 13.8. The molecule has 0 spiro atoms. The standard InChI is InChI=1S/C11H16N2O4S/c12-18(14,15)5-1-4-13-7-9-2-3-10-11(6-9)17-8-16-10/h2-3,6,13H,1,4-5,7-8H2,(H2,12,14,15). The van der Waals surface area contributed by atoms with E-state index < -0.39 is 10.0 Å². The summed E-state index contributed by atoms with van der Waals surface area (Å²) >= 11 is 0. The first-order valence-electron chi connectivity index (χ1n) is 5.64. The molecule has 0 atom stereocenters. The number of nitrogens with one attached hydrogen (secondary N) is 1. The summed E-state index contributed by atoms with van der Waals surface area (Å²) in [6.07, 6.45) is 0.503. The average molecular weight is 272 g/mol. The molecule has 0 saturated heterocycles. The van der Waals surface area contributed by atoms with Gasteiger partial charge in [0.1, 0.15) is 0 Å². The van der Waals surface area contributed by atoms with E-state index in [-0.39, 0.29) is 12.5 Å². The molecule has 1 aliphatic rings. The molecule has 0 radical (unpaired) electrons. The van der Waals surface area contributed by atoms with Gasteiger partial charge in [-0.2, -0.15) is 0 Å². The quantitative estimate of drug-likeness (QED) is 0.721. The van der Waals surface area contributed by atoms with Crippen molar-refractivity contribution in [3.05, 3.63) is 23.8 Å². The van der Waals surface area contributed by atoms with Crippen molar-refractivity contribution in [2.75, 3.05) is 19.1 Å². The molecule has 0 unspecified atom stereocenters. The molecule has 0 saturated carbocycles. The fraction of sp³-hybridized carbons (Fsp3) is 0.455. The van der Waals surface area contributed by atoms with Crippen LogP contribution in [0.4, 0.5) is 0 Å². The lowest BCUT2D eigenvalue weighted by atomic mass is 10.2. The van der Waals surface area contributed by atoms with Gasteiger partial charge in [0.2, 0.25) is 16.8 Å². The fourth-order valence-electron chi connectivity index (χ4n) is 1.68. The highest BCUT2D eigenvalue weighted by atomic mass is 32.2. The van der Waals surface area contributed by atoms with Crippen molar-refractivity contribution in [2.24, 2.45) is 5.14 Å². The van der Waals surface area contributed by atoms with Gasteiger partial charge in [-0.05, 0) is 30.7 Å². The minimum atomic E-state index is -3.35. The summed E-state index contributed by atoms with van der Waals surface area (Å²) < 4.78 is 31.9. The van der Waals surface area contributed by atoms with Gasteiger partial charge in [0.15, 0.2) is 11.5 Å². The molecule has 7 heteroatoms. The molecular formula is C11H16N2O4S. The summed E-state index contributed by atoms with van der Waals surface area (Å²) in [7, 11) is -3.35. The Kier molecular flexibility index (Phi) is 4.05. The van der Waals surface area contributed by atoms with Gasteiger partial charge in [0, 0.05) is 6.54 Å². The summed E-state index contributed by atoms with van der Waals surface area (Å²) in [5, 5.41) is 8.05. The van der Waals surface area contributed by atoms with Gasteiger partial charge in [-0.15, -0.1) is 0 Å². The van der Waals surface area contributed by atoms with Crippen molar-refractivity contribution in [2.45, 2.75) is 13.0 Å². The summed E-state index contributed by atoms with van der Waals surface area (Å²) in [6, 6.07) is 5.72. The lowest BCUT2D eigenvalue weighted by Crippen LogP contribution is -2.22. The van der Waals surface area contributed by atoms with E-state index in [4.69, 9.17) is 14.6 Å². The first kappa shape index (κ1) is 13.1. The van der Waals surface area contributed by atoms with Crippen LogP contribution in [0.5, 0.6) is 11.5 Å². The van der Waals surface area contributed by atoms with Crippen LogP contribution >= 0.6 is 0 Å². The van der Waals surface area contributed by atoms with Gasteiger partial charge in [0.05, 0.1) is 5.75 Å². The Morgan fingerprint density at radius 1 is 1.28 bits per heavy atom. The van der Waals surface area contributed by atoms with Gasteiger partial charge in [-0.3, -0.25) is 0 Å². The second-order valence-electron chi connectivity index (χ2n) is 4.08. The van der Waals surface area contributed by atoms with Crippen LogP contribution in [-0.4, -0.2) is 27.5 Å². The minimum Gasteiger partial charge on any atom is -0.454 e. The largest absolute Gasteiger partial charge is 0.454 e. The van der Waals surface area contributed by atoms with Gasteiger partial charge >= 0.3 is 0 Å². The number of hydrogen-bond acceptors (Lipinski definition) is 5. The number of rotatable bonds is 6. The first-order valence-corrected chi connectivity index (χ1v) is 7.36. The van der Waals surface area contributed by atoms with E-state index in [1.807, 2.05) is 18.2 Å². The second-order valence-corrected chi connectivity index (χ2v) is 5.82. The molecular weight excluding hydrogens is 256 g/mol. The number of primary sulfonamides is 1. The molecule has 0 fully saturated rings. The fourth-order valence-corrected chi connectivity index (χ4v) is 2.23. The van der Waals surface area contributed by atoms with Gasteiger partial charge in [0.25, 0.3) is 0 Å². The maximum atomic E-state index is 10.7. The third-order valence-electron chi connectivity index (χ3n) is 2.55. The molecule has 100 valence electrons. The number of hydrogen-bond donors (Lipinski definition) is 2. The molecule has 1 heterocycles. The molecule has 1 aromatic rings. The van der Waals surface area contributed by atoms with E-state index in [1.165, 1.54) is 0 Å². The third kappa shape index (κ3) is 3.86. The van der Waals surface area contributed by atoms with Crippen LogP contribution in [-0.2, 0) is 16.6 Å². The Labute approximate surface area is 106 Å². The molecule has 18 heavy (non-hydrogen) atoms. The number of ether oxygens (including phenoxy) is 2. The van der Waals surface area contributed by atoms with E-state index in [0.29, 0.717) is 19.5 Å². The highest BCUT2D eigenvalue weighted by molar-refractivity contribution is 7.89. The summed E-state index contributed by atoms with van der Waals surface area (Å²) in [6.45, 7) is 1.52. The highest BCUT2D eigenvalue weighted by Crippen LogP contribution is 2.32. The van der Waals surface area contributed by atoms with Gasteiger partial charge < -0.3 is 14.8 Å². The van der Waals surface area contributed by atoms with Crippen LogP contribution in [0, 0.1) is 0 Å². The van der Waals surface area contributed by atoms with Crippen molar-refractivity contribution in [1.29, 1.82) is 0 Å². The van der Waals surface area contributed by atoms with E-state index in [2.05, 4.69) is 5.32 Å². The van der Waals surface area contributed by atoms with Crippen molar-refractivity contribution >= 4 is 10.0 Å². The van der Waals surface area contributed by atoms with E-state index >= 15 is 0 Å². The number of nitrogens with two attached hydrogens (primary N) is 1. The van der Waals surface area contributed by atoms with E-state index in [1.54, 1.807) is 0 Å². The number of sulfonamides is 1. The Morgan fingerprint density at radius 2 is 2.06 bits per heavy atom. The predicted octanol–water partition coefficient (Wildman–Crippen LogP) is 0.184. The highest BCUT2D eigenvalue weighted by Gasteiger charge is 2.12. The monoisotopic (exact) mass is 272 g/mol. The van der Waals surface area contributed by atoms with Crippen LogP contribution in [0.3, 0.4) is 0 Å². The van der Waals surface area contributed by atoms with Gasteiger partial charge in [-0.1, -0.05) is 6.07 Å². The Bertz CT molecular complexity index is 516. The Morgan fingerprint density at radius 3 is 2.83 bits per heavy atom. The van der Waals surface area contributed by atoms with E-state index in [0.717, 1.165) is 17.1 Å². The van der Waals surface area contributed by atoms with Crippen molar-refractivity contribution < 1.29 is 17.9 Å². The number of fused-ring (bicyclic) bond motifs is 1. The third-order valence-corrected chi connectivity index (χ3v) is 3.41. The summed E-state index contributed by atoms with van der Waals surface area (Å²) in [4.78, 5) is 0. The van der Waals surface area contributed by atoms with Crippen molar-refractivity contribution in [3.63, 3.8) is 0 Å². The molecule has 2 rings (SSSR count). The second kappa shape index (κ2) is 5.55. The lowest BCUT2D eigenvalue weighted by molar-refractivity contribution is 0.174. The molecule has 0 aromatic heterocycles. The van der Waals surface area contributed by atoms with Crippen LogP contribution in [0.2, 0.25) is 0 Å². The Hall–Kier alpha value is -1.31. The topological polar surface area (TPSA) is 90.7 Å². The zero-order chi connectivity index (χ0) is 13.0. The zero-order valence-electron chi connectivity index (χ0n) is 9.89. The molecule has 1 aromatic carbocycles. The summed E-state index contributed by atoms with van der Waals surface area (Å²) in [5.41, 5.74) is 1.06. The van der Waals surface area contributed by atoms with Crippen LogP contribution in [0.1, 0.15) is 12.0 Å². The first-order chi connectivity index (χ1) is 8.54. The molecule has 0 aliphatic carbocycles. The zero-order valence-corrected chi connectivity index (χ0v) is 10.7. The lowest BCUT2D eigenvalue weighted by Gasteiger charge is -2.05. The molecule has 0 bridgehead atoms.